The van der Waals surface area contributed by atoms with Crippen molar-refractivity contribution < 1.29 is 9.53 Å². The Balaban J connectivity index is 1.96. The molecule has 2 aromatic rings. The van der Waals surface area contributed by atoms with E-state index in [0.29, 0.717) is 5.69 Å². The number of aldehydes is 1. The molecule has 0 bridgehead atoms. The molecular weight excluding hydrogens is 280 g/mol. The van der Waals surface area contributed by atoms with Crippen LogP contribution in [0.2, 0.25) is 0 Å². The molecule has 0 aromatic carbocycles. The van der Waals surface area contributed by atoms with Crippen LogP contribution in [0.4, 0.5) is 5.69 Å². The molecule has 1 aliphatic rings. The van der Waals surface area contributed by atoms with Gasteiger partial charge in [-0.2, -0.15) is 5.10 Å². The quantitative estimate of drug-likeness (QED) is 0.810. The zero-order valence-electron chi connectivity index (χ0n) is 13.1. The highest BCUT2D eigenvalue weighted by molar-refractivity contribution is 5.83. The first-order chi connectivity index (χ1) is 10.6. The number of nitrogens with zero attached hydrogens (tertiary/aromatic N) is 4. The molecule has 6 nitrogen and oxygen atoms in total. The molecule has 22 heavy (non-hydrogen) atoms. The molecule has 6 heteroatoms. The van der Waals surface area contributed by atoms with Gasteiger partial charge >= 0.3 is 0 Å². The molecule has 116 valence electrons. The molecule has 2 unspecified atom stereocenters. The van der Waals surface area contributed by atoms with E-state index >= 15 is 0 Å². The molecular formula is C16H20N4O2. The van der Waals surface area contributed by atoms with Gasteiger partial charge in [0.25, 0.3) is 0 Å². The van der Waals surface area contributed by atoms with Crippen LogP contribution in [0.3, 0.4) is 0 Å². The Hall–Kier alpha value is -2.21. The third-order valence-corrected chi connectivity index (χ3v) is 3.86. The number of rotatable bonds is 3. The van der Waals surface area contributed by atoms with E-state index in [1.807, 2.05) is 39.1 Å². The second kappa shape index (κ2) is 5.88. The van der Waals surface area contributed by atoms with E-state index in [9.17, 15) is 4.79 Å². The standard InChI is InChI=1S/C16H20N4O2/c1-11-8-20(9-12(2)22-11)16-5-4-13(18-14(16)10-21)15-6-7-17-19(15)3/h4-7,10-12H,8-9H2,1-3H3. The maximum Gasteiger partial charge on any atom is 0.170 e. The molecule has 1 aliphatic heterocycles. The molecule has 0 saturated carbocycles. The number of morpholine rings is 1. The molecule has 3 rings (SSSR count). The first kappa shape index (κ1) is 14.7. The van der Waals surface area contributed by atoms with Crippen LogP contribution in [0.1, 0.15) is 24.3 Å². The number of carbonyl (C=O) groups excluding carboxylic acids is 1. The van der Waals surface area contributed by atoms with Crippen molar-refractivity contribution in [3.05, 3.63) is 30.1 Å². The summed E-state index contributed by atoms with van der Waals surface area (Å²) in [4.78, 5) is 18.2. The van der Waals surface area contributed by atoms with Crippen LogP contribution in [0, 0.1) is 0 Å². The molecule has 1 saturated heterocycles. The topological polar surface area (TPSA) is 60.2 Å². The predicted molar refractivity (Wildman–Crippen MR) is 84.0 cm³/mol. The number of hydrogen-bond donors (Lipinski definition) is 0. The average Bonchev–Trinajstić information content (AvgIpc) is 2.91. The Morgan fingerprint density at radius 2 is 1.95 bits per heavy atom. The van der Waals surface area contributed by atoms with Gasteiger partial charge in [-0.3, -0.25) is 9.48 Å². The summed E-state index contributed by atoms with van der Waals surface area (Å²) in [5.41, 5.74) is 2.96. The van der Waals surface area contributed by atoms with Crippen LogP contribution in [0.15, 0.2) is 24.4 Å². The lowest BCUT2D eigenvalue weighted by Crippen LogP contribution is -2.45. The summed E-state index contributed by atoms with van der Waals surface area (Å²) in [6.07, 6.45) is 2.82. The first-order valence-electron chi connectivity index (χ1n) is 7.43. The van der Waals surface area contributed by atoms with E-state index < -0.39 is 0 Å². The third-order valence-electron chi connectivity index (χ3n) is 3.86. The normalized spacial score (nSPS) is 21.9. The van der Waals surface area contributed by atoms with Gasteiger partial charge < -0.3 is 9.64 Å². The maximum absolute atomic E-state index is 11.5. The fraction of sp³-hybridized carbons (Fsp3) is 0.438. The summed E-state index contributed by atoms with van der Waals surface area (Å²) in [5.74, 6) is 0. The highest BCUT2D eigenvalue weighted by atomic mass is 16.5. The first-order valence-corrected chi connectivity index (χ1v) is 7.43. The van der Waals surface area contributed by atoms with Gasteiger partial charge in [-0.05, 0) is 32.0 Å². The second-order valence-electron chi connectivity index (χ2n) is 5.72. The van der Waals surface area contributed by atoms with Gasteiger partial charge in [0.05, 0.1) is 29.3 Å². The molecule has 2 aromatic heterocycles. The lowest BCUT2D eigenvalue weighted by molar-refractivity contribution is -0.00527. The van der Waals surface area contributed by atoms with Gasteiger partial charge in [0.2, 0.25) is 0 Å². The second-order valence-corrected chi connectivity index (χ2v) is 5.72. The molecule has 0 N–H and O–H groups in total. The van der Waals surface area contributed by atoms with E-state index in [2.05, 4.69) is 15.0 Å². The van der Waals surface area contributed by atoms with Crippen LogP contribution < -0.4 is 4.90 Å². The Bertz CT molecular complexity index is 673. The van der Waals surface area contributed by atoms with Crippen molar-refractivity contribution in [3.8, 4) is 11.4 Å². The Labute approximate surface area is 129 Å². The Kier molecular flexibility index (Phi) is 3.94. The van der Waals surface area contributed by atoms with Crippen LogP contribution in [-0.4, -0.2) is 46.3 Å². The number of carbonyl (C=O) groups is 1. The van der Waals surface area contributed by atoms with E-state index in [1.54, 1.807) is 10.9 Å². The van der Waals surface area contributed by atoms with Gasteiger partial charge in [0, 0.05) is 26.3 Å². The average molecular weight is 300 g/mol. The van der Waals surface area contributed by atoms with Crippen molar-refractivity contribution in [1.82, 2.24) is 14.8 Å². The zero-order chi connectivity index (χ0) is 15.7. The smallest absolute Gasteiger partial charge is 0.170 e. The fourth-order valence-corrected chi connectivity index (χ4v) is 2.96. The van der Waals surface area contributed by atoms with Crippen molar-refractivity contribution in [3.63, 3.8) is 0 Å². The summed E-state index contributed by atoms with van der Waals surface area (Å²) >= 11 is 0. The summed E-state index contributed by atoms with van der Waals surface area (Å²) < 4.78 is 7.49. The minimum Gasteiger partial charge on any atom is -0.372 e. The van der Waals surface area contributed by atoms with Gasteiger partial charge in [0.15, 0.2) is 6.29 Å². The third kappa shape index (κ3) is 2.74. The highest BCUT2D eigenvalue weighted by Gasteiger charge is 2.24. The molecule has 1 fully saturated rings. The Morgan fingerprint density at radius 3 is 2.55 bits per heavy atom. The lowest BCUT2D eigenvalue weighted by Gasteiger charge is -2.37. The minimum absolute atomic E-state index is 0.139. The number of ether oxygens (including phenoxy) is 1. The maximum atomic E-state index is 11.5. The van der Waals surface area contributed by atoms with Gasteiger partial charge in [-0.25, -0.2) is 4.98 Å². The molecule has 3 heterocycles. The SMILES string of the molecule is CC1CN(c2ccc(-c3ccnn3C)nc2C=O)CC(C)O1. The van der Waals surface area contributed by atoms with Crippen LogP contribution in [0.25, 0.3) is 11.4 Å². The highest BCUT2D eigenvalue weighted by Crippen LogP contribution is 2.26. The van der Waals surface area contributed by atoms with Crippen molar-refractivity contribution >= 4 is 12.0 Å². The van der Waals surface area contributed by atoms with E-state index in [0.717, 1.165) is 36.5 Å². The largest absolute Gasteiger partial charge is 0.372 e. The summed E-state index contributed by atoms with van der Waals surface area (Å²) in [5, 5.41) is 4.14. The minimum atomic E-state index is 0.139. The monoisotopic (exact) mass is 300 g/mol. The summed E-state index contributed by atoms with van der Waals surface area (Å²) in [6, 6.07) is 5.78. The van der Waals surface area contributed by atoms with E-state index in [4.69, 9.17) is 4.74 Å². The van der Waals surface area contributed by atoms with Crippen molar-refractivity contribution in [2.24, 2.45) is 7.05 Å². The zero-order valence-corrected chi connectivity index (χ0v) is 13.1. The van der Waals surface area contributed by atoms with Crippen LogP contribution in [-0.2, 0) is 11.8 Å². The lowest BCUT2D eigenvalue weighted by atomic mass is 10.1. The van der Waals surface area contributed by atoms with E-state index in [-0.39, 0.29) is 12.2 Å². The number of pyridine rings is 1. The van der Waals surface area contributed by atoms with Crippen LogP contribution >= 0.6 is 0 Å². The van der Waals surface area contributed by atoms with Gasteiger partial charge in [0.1, 0.15) is 5.69 Å². The number of anilines is 1. The van der Waals surface area contributed by atoms with Gasteiger partial charge in [-0.1, -0.05) is 0 Å². The summed E-state index contributed by atoms with van der Waals surface area (Å²) in [7, 11) is 1.86. The predicted octanol–water partition coefficient (Wildman–Crippen LogP) is 1.91. The molecule has 0 radical (unpaired) electrons. The Morgan fingerprint density at radius 1 is 1.23 bits per heavy atom. The van der Waals surface area contributed by atoms with Crippen molar-refractivity contribution in [2.45, 2.75) is 26.1 Å². The fourth-order valence-electron chi connectivity index (χ4n) is 2.96. The number of aryl methyl sites for hydroxylation is 1. The van der Waals surface area contributed by atoms with Crippen molar-refractivity contribution in [2.75, 3.05) is 18.0 Å². The molecule has 0 spiro atoms. The van der Waals surface area contributed by atoms with E-state index in [1.165, 1.54) is 0 Å². The molecule has 0 amide bonds. The number of aromatic nitrogens is 3. The van der Waals surface area contributed by atoms with Crippen molar-refractivity contribution in [1.29, 1.82) is 0 Å². The summed E-state index contributed by atoms with van der Waals surface area (Å²) in [6.45, 7) is 5.61. The van der Waals surface area contributed by atoms with Crippen LogP contribution in [0.5, 0.6) is 0 Å². The van der Waals surface area contributed by atoms with Gasteiger partial charge in [-0.15, -0.1) is 0 Å². The number of hydrogen-bond acceptors (Lipinski definition) is 5. The molecule has 0 aliphatic carbocycles. The molecule has 2 atom stereocenters.